The first kappa shape index (κ1) is 13.8. The minimum absolute atomic E-state index is 0.171. The predicted molar refractivity (Wildman–Crippen MR) is 79.3 cm³/mol. The van der Waals surface area contributed by atoms with Crippen LogP contribution < -0.4 is 10.6 Å². The zero-order chi connectivity index (χ0) is 14.5. The van der Waals surface area contributed by atoms with Gasteiger partial charge in [-0.05, 0) is 37.9 Å². The van der Waals surface area contributed by atoms with E-state index in [1.807, 2.05) is 30.3 Å². The fraction of sp³-hybridized carbons (Fsp3) is 0.400. The Labute approximate surface area is 123 Å². The third-order valence-corrected chi connectivity index (χ3v) is 3.65. The van der Waals surface area contributed by atoms with Gasteiger partial charge < -0.3 is 10.6 Å². The van der Waals surface area contributed by atoms with Crippen molar-refractivity contribution in [1.82, 2.24) is 25.6 Å². The molecule has 2 heterocycles. The highest BCUT2D eigenvalue weighted by Gasteiger charge is 2.15. The Balaban J connectivity index is 1.54. The second-order valence-corrected chi connectivity index (χ2v) is 5.19. The highest BCUT2D eigenvalue weighted by Crippen LogP contribution is 2.08. The number of nitrogens with one attached hydrogen (secondary N) is 2. The van der Waals surface area contributed by atoms with Crippen LogP contribution in [0.5, 0.6) is 0 Å². The van der Waals surface area contributed by atoms with Crippen molar-refractivity contribution in [2.75, 3.05) is 13.1 Å². The van der Waals surface area contributed by atoms with Crippen LogP contribution in [0, 0.1) is 0 Å². The average Bonchev–Trinajstić information content (AvgIpc) is 3.20. The molecule has 0 spiro atoms. The molecule has 2 aromatic rings. The quantitative estimate of drug-likeness (QED) is 0.864. The molecule has 0 bridgehead atoms. The summed E-state index contributed by atoms with van der Waals surface area (Å²) in [6, 6.07) is 10.1. The number of rotatable bonds is 5. The number of carbonyl (C=O) groups is 1. The molecule has 1 atom stereocenters. The Bertz CT molecular complexity index is 589. The van der Waals surface area contributed by atoms with Gasteiger partial charge in [0.15, 0.2) is 5.69 Å². The fourth-order valence-electron chi connectivity index (χ4n) is 2.51. The first-order valence-electron chi connectivity index (χ1n) is 7.32. The highest BCUT2D eigenvalue weighted by atomic mass is 16.2. The molecule has 1 aromatic heterocycles. The molecule has 6 nitrogen and oxygen atoms in total. The van der Waals surface area contributed by atoms with Crippen molar-refractivity contribution in [3.05, 3.63) is 42.2 Å². The lowest BCUT2D eigenvalue weighted by molar-refractivity contribution is 0.0947. The second-order valence-electron chi connectivity index (χ2n) is 5.19. The molecule has 1 aliphatic heterocycles. The van der Waals surface area contributed by atoms with Crippen LogP contribution in [-0.2, 0) is 0 Å². The molecule has 3 rings (SSSR count). The molecule has 110 valence electrons. The van der Waals surface area contributed by atoms with Gasteiger partial charge in [0.25, 0.3) is 5.91 Å². The van der Waals surface area contributed by atoms with Gasteiger partial charge in [-0.3, -0.25) is 4.79 Å². The van der Waals surface area contributed by atoms with E-state index in [1.165, 1.54) is 23.8 Å². The maximum Gasteiger partial charge on any atom is 0.273 e. The molecular weight excluding hydrogens is 266 g/mol. The lowest BCUT2D eigenvalue weighted by Crippen LogP contribution is -2.30. The number of aromatic nitrogens is 3. The second kappa shape index (κ2) is 6.49. The van der Waals surface area contributed by atoms with E-state index in [0.29, 0.717) is 18.3 Å². The van der Waals surface area contributed by atoms with Crippen molar-refractivity contribution in [2.24, 2.45) is 0 Å². The predicted octanol–water partition coefficient (Wildman–Crippen LogP) is 1.14. The standard InChI is InChI=1S/C15H19N5O/c21-15(17-10-8-12-5-4-9-16-12)14-11-18-20(19-14)13-6-2-1-3-7-13/h1-3,6-7,11-12,16H,4-5,8-10H2,(H,17,21)/t12-/m1/s1. The SMILES string of the molecule is O=C(NCC[C@H]1CCCN1)c1cnn(-c2ccccc2)n1. The first-order valence-corrected chi connectivity index (χ1v) is 7.32. The molecule has 1 aromatic carbocycles. The lowest BCUT2D eigenvalue weighted by Gasteiger charge is -2.09. The molecule has 0 radical (unpaired) electrons. The molecule has 0 saturated carbocycles. The molecule has 6 heteroatoms. The van der Waals surface area contributed by atoms with Gasteiger partial charge in [-0.2, -0.15) is 9.90 Å². The molecule has 0 aliphatic carbocycles. The van der Waals surface area contributed by atoms with Gasteiger partial charge in [0.1, 0.15) is 0 Å². The van der Waals surface area contributed by atoms with Gasteiger partial charge in [0.2, 0.25) is 0 Å². The Morgan fingerprint density at radius 2 is 2.24 bits per heavy atom. The number of hydrogen-bond acceptors (Lipinski definition) is 4. The van der Waals surface area contributed by atoms with Crippen LogP contribution in [0.4, 0.5) is 0 Å². The van der Waals surface area contributed by atoms with Crippen molar-refractivity contribution in [3.63, 3.8) is 0 Å². The number of benzene rings is 1. The number of para-hydroxylation sites is 1. The first-order chi connectivity index (χ1) is 10.3. The summed E-state index contributed by atoms with van der Waals surface area (Å²) in [5, 5.41) is 14.6. The summed E-state index contributed by atoms with van der Waals surface area (Å²) in [5.41, 5.74) is 1.19. The van der Waals surface area contributed by atoms with Gasteiger partial charge in [-0.1, -0.05) is 18.2 Å². The van der Waals surface area contributed by atoms with E-state index in [-0.39, 0.29) is 5.91 Å². The summed E-state index contributed by atoms with van der Waals surface area (Å²) in [6.45, 7) is 1.75. The number of amides is 1. The van der Waals surface area contributed by atoms with Gasteiger partial charge in [-0.25, -0.2) is 0 Å². The van der Waals surface area contributed by atoms with E-state index < -0.39 is 0 Å². The number of hydrogen-bond donors (Lipinski definition) is 2. The third kappa shape index (κ3) is 3.46. The zero-order valence-electron chi connectivity index (χ0n) is 11.8. The van der Waals surface area contributed by atoms with Gasteiger partial charge in [0.05, 0.1) is 11.9 Å². The monoisotopic (exact) mass is 285 g/mol. The summed E-state index contributed by atoms with van der Waals surface area (Å²) in [6.07, 6.45) is 4.87. The smallest absolute Gasteiger partial charge is 0.273 e. The van der Waals surface area contributed by atoms with Crippen LogP contribution in [0.2, 0.25) is 0 Å². The fourth-order valence-corrected chi connectivity index (χ4v) is 2.51. The Morgan fingerprint density at radius 1 is 1.38 bits per heavy atom. The van der Waals surface area contributed by atoms with Gasteiger partial charge in [-0.15, -0.1) is 5.10 Å². The molecular formula is C15H19N5O. The minimum atomic E-state index is -0.171. The third-order valence-electron chi connectivity index (χ3n) is 3.65. The van der Waals surface area contributed by atoms with Crippen LogP contribution in [0.1, 0.15) is 29.8 Å². The van der Waals surface area contributed by atoms with E-state index in [1.54, 1.807) is 0 Å². The van der Waals surface area contributed by atoms with E-state index in [9.17, 15) is 4.79 Å². The van der Waals surface area contributed by atoms with Crippen molar-refractivity contribution in [1.29, 1.82) is 0 Å². The number of nitrogens with zero attached hydrogens (tertiary/aromatic N) is 3. The molecule has 1 fully saturated rings. The minimum Gasteiger partial charge on any atom is -0.351 e. The van der Waals surface area contributed by atoms with Gasteiger partial charge in [0, 0.05) is 12.6 Å². The Morgan fingerprint density at radius 3 is 3.00 bits per heavy atom. The number of carbonyl (C=O) groups excluding carboxylic acids is 1. The van der Waals surface area contributed by atoms with Crippen molar-refractivity contribution in [2.45, 2.75) is 25.3 Å². The molecule has 2 N–H and O–H groups in total. The van der Waals surface area contributed by atoms with Crippen LogP contribution in [0.25, 0.3) is 5.69 Å². The highest BCUT2D eigenvalue weighted by molar-refractivity contribution is 5.91. The van der Waals surface area contributed by atoms with Crippen LogP contribution >= 0.6 is 0 Å². The zero-order valence-corrected chi connectivity index (χ0v) is 11.8. The maximum absolute atomic E-state index is 12.0. The molecule has 0 unspecified atom stereocenters. The molecule has 1 saturated heterocycles. The van der Waals surface area contributed by atoms with Crippen LogP contribution in [0.15, 0.2) is 36.5 Å². The normalized spacial score (nSPS) is 17.8. The van der Waals surface area contributed by atoms with Crippen LogP contribution in [0.3, 0.4) is 0 Å². The van der Waals surface area contributed by atoms with Gasteiger partial charge >= 0.3 is 0 Å². The maximum atomic E-state index is 12.0. The van der Waals surface area contributed by atoms with Crippen molar-refractivity contribution in [3.8, 4) is 5.69 Å². The van der Waals surface area contributed by atoms with E-state index in [0.717, 1.165) is 18.7 Å². The van der Waals surface area contributed by atoms with Crippen molar-refractivity contribution < 1.29 is 4.79 Å². The topological polar surface area (TPSA) is 71.8 Å². The van der Waals surface area contributed by atoms with E-state index in [4.69, 9.17) is 0 Å². The van der Waals surface area contributed by atoms with E-state index >= 15 is 0 Å². The molecule has 1 amide bonds. The Kier molecular flexibility index (Phi) is 4.25. The largest absolute Gasteiger partial charge is 0.351 e. The summed E-state index contributed by atoms with van der Waals surface area (Å²) in [5.74, 6) is -0.171. The molecule has 1 aliphatic rings. The summed E-state index contributed by atoms with van der Waals surface area (Å²) >= 11 is 0. The van der Waals surface area contributed by atoms with Crippen LogP contribution in [-0.4, -0.2) is 40.0 Å². The summed E-state index contributed by atoms with van der Waals surface area (Å²) in [4.78, 5) is 13.5. The Hall–Kier alpha value is -2.21. The summed E-state index contributed by atoms with van der Waals surface area (Å²) in [7, 11) is 0. The van der Waals surface area contributed by atoms with Crippen molar-refractivity contribution >= 4 is 5.91 Å². The molecule has 21 heavy (non-hydrogen) atoms. The summed E-state index contributed by atoms with van der Waals surface area (Å²) < 4.78 is 0. The van der Waals surface area contributed by atoms with E-state index in [2.05, 4.69) is 20.8 Å². The lowest BCUT2D eigenvalue weighted by atomic mass is 10.1. The average molecular weight is 285 g/mol.